The van der Waals surface area contributed by atoms with Crippen LogP contribution in [0.25, 0.3) is 0 Å². The molecule has 0 aliphatic rings. The van der Waals surface area contributed by atoms with Gasteiger partial charge in [-0.15, -0.1) is 0 Å². The standard InChI is InChI=1S/C13H8F2O2/c14-10-7-12(16)11(15)6-9(10)13(17)8-4-2-1-3-5-8/h1-7,16H. The highest BCUT2D eigenvalue weighted by Gasteiger charge is 2.16. The van der Waals surface area contributed by atoms with Crippen LogP contribution in [-0.2, 0) is 0 Å². The Hall–Kier alpha value is -2.23. The van der Waals surface area contributed by atoms with Gasteiger partial charge in [-0.05, 0) is 6.07 Å². The maximum Gasteiger partial charge on any atom is 0.196 e. The number of hydrogen-bond acceptors (Lipinski definition) is 2. The molecule has 2 aromatic carbocycles. The van der Waals surface area contributed by atoms with Crippen molar-refractivity contribution < 1.29 is 18.7 Å². The van der Waals surface area contributed by atoms with Crippen LogP contribution in [0.3, 0.4) is 0 Å². The third-order valence-electron chi connectivity index (χ3n) is 2.32. The largest absolute Gasteiger partial charge is 0.505 e. The van der Waals surface area contributed by atoms with Gasteiger partial charge in [0.25, 0.3) is 0 Å². The SMILES string of the molecule is O=C(c1ccccc1)c1cc(F)c(O)cc1F. The van der Waals surface area contributed by atoms with Gasteiger partial charge in [0.1, 0.15) is 5.82 Å². The van der Waals surface area contributed by atoms with Crippen molar-refractivity contribution in [3.63, 3.8) is 0 Å². The third kappa shape index (κ3) is 2.15. The minimum absolute atomic E-state index is 0.261. The van der Waals surface area contributed by atoms with Gasteiger partial charge in [0.2, 0.25) is 0 Å². The number of rotatable bonds is 2. The molecular formula is C13H8F2O2. The van der Waals surface area contributed by atoms with Crippen molar-refractivity contribution in [3.8, 4) is 5.75 Å². The highest BCUT2D eigenvalue weighted by Crippen LogP contribution is 2.22. The number of benzene rings is 2. The number of carbonyl (C=O) groups is 1. The fourth-order valence-electron chi connectivity index (χ4n) is 1.46. The van der Waals surface area contributed by atoms with Gasteiger partial charge in [-0.2, -0.15) is 0 Å². The molecule has 0 aliphatic heterocycles. The summed E-state index contributed by atoms with van der Waals surface area (Å²) in [5.41, 5.74) is -0.136. The highest BCUT2D eigenvalue weighted by molar-refractivity contribution is 6.09. The number of ketones is 1. The fourth-order valence-corrected chi connectivity index (χ4v) is 1.46. The van der Waals surface area contributed by atoms with Crippen molar-refractivity contribution in [2.45, 2.75) is 0 Å². The lowest BCUT2D eigenvalue weighted by Gasteiger charge is -2.04. The molecule has 1 N–H and O–H groups in total. The first-order valence-corrected chi connectivity index (χ1v) is 4.87. The molecule has 0 spiro atoms. The molecule has 0 radical (unpaired) electrons. The molecule has 86 valence electrons. The molecule has 0 fully saturated rings. The summed E-state index contributed by atoms with van der Waals surface area (Å²) in [6, 6.07) is 9.26. The lowest BCUT2D eigenvalue weighted by atomic mass is 10.0. The molecule has 17 heavy (non-hydrogen) atoms. The van der Waals surface area contributed by atoms with E-state index in [0.717, 1.165) is 0 Å². The van der Waals surface area contributed by atoms with Gasteiger partial charge in [0.15, 0.2) is 17.3 Å². The van der Waals surface area contributed by atoms with E-state index in [1.54, 1.807) is 18.2 Å². The molecule has 4 heteroatoms. The fraction of sp³-hybridized carbons (Fsp3) is 0. The van der Waals surface area contributed by atoms with Crippen LogP contribution in [0.4, 0.5) is 8.78 Å². The van der Waals surface area contributed by atoms with Crippen molar-refractivity contribution in [2.24, 2.45) is 0 Å². The average Bonchev–Trinajstić information content (AvgIpc) is 2.34. The van der Waals surface area contributed by atoms with Gasteiger partial charge in [-0.25, -0.2) is 8.78 Å². The van der Waals surface area contributed by atoms with E-state index in [1.165, 1.54) is 12.1 Å². The van der Waals surface area contributed by atoms with Crippen molar-refractivity contribution in [1.82, 2.24) is 0 Å². The molecule has 2 rings (SSSR count). The first kappa shape index (κ1) is 11.3. The molecule has 0 aliphatic carbocycles. The van der Waals surface area contributed by atoms with Gasteiger partial charge in [-0.1, -0.05) is 30.3 Å². The summed E-state index contributed by atoms with van der Waals surface area (Å²) in [6.45, 7) is 0. The maximum absolute atomic E-state index is 13.4. The number of halogens is 2. The Morgan fingerprint density at radius 3 is 2.29 bits per heavy atom. The second-order valence-electron chi connectivity index (χ2n) is 3.48. The van der Waals surface area contributed by atoms with Gasteiger partial charge >= 0.3 is 0 Å². The summed E-state index contributed by atoms with van der Waals surface area (Å²) in [6.07, 6.45) is 0. The molecule has 0 bridgehead atoms. The Morgan fingerprint density at radius 2 is 1.65 bits per heavy atom. The third-order valence-corrected chi connectivity index (χ3v) is 2.32. The molecule has 0 saturated heterocycles. The minimum Gasteiger partial charge on any atom is -0.505 e. The van der Waals surface area contributed by atoms with E-state index in [1.807, 2.05) is 0 Å². The second-order valence-corrected chi connectivity index (χ2v) is 3.48. The first-order chi connectivity index (χ1) is 8.09. The quantitative estimate of drug-likeness (QED) is 0.811. The van der Waals surface area contributed by atoms with Crippen molar-refractivity contribution in [3.05, 3.63) is 65.2 Å². The Balaban J connectivity index is 2.48. The number of phenolic OH excluding ortho intramolecular Hbond substituents is 1. The monoisotopic (exact) mass is 234 g/mol. The minimum atomic E-state index is -1.02. The number of aromatic hydroxyl groups is 1. The Morgan fingerprint density at radius 1 is 1.00 bits per heavy atom. The number of phenols is 1. The van der Waals surface area contributed by atoms with Crippen LogP contribution in [-0.4, -0.2) is 10.9 Å². The van der Waals surface area contributed by atoms with E-state index < -0.39 is 28.7 Å². The molecule has 0 amide bonds. The van der Waals surface area contributed by atoms with E-state index >= 15 is 0 Å². The zero-order valence-corrected chi connectivity index (χ0v) is 8.65. The van der Waals surface area contributed by atoms with Crippen LogP contribution in [0.15, 0.2) is 42.5 Å². The number of hydrogen-bond donors (Lipinski definition) is 1. The molecule has 0 saturated carbocycles. The van der Waals surface area contributed by atoms with Gasteiger partial charge < -0.3 is 5.11 Å². The number of carbonyl (C=O) groups excluding carboxylic acids is 1. The van der Waals surface area contributed by atoms with Crippen molar-refractivity contribution >= 4 is 5.78 Å². The summed E-state index contributed by atoms with van der Waals surface area (Å²) in [5, 5.41) is 8.95. The summed E-state index contributed by atoms with van der Waals surface area (Å²) in [7, 11) is 0. The van der Waals surface area contributed by atoms with Crippen molar-refractivity contribution in [1.29, 1.82) is 0 Å². The molecule has 0 heterocycles. The van der Waals surface area contributed by atoms with Crippen LogP contribution in [0, 0.1) is 11.6 Å². The van der Waals surface area contributed by atoms with E-state index in [4.69, 9.17) is 5.11 Å². The predicted octanol–water partition coefficient (Wildman–Crippen LogP) is 2.90. The topological polar surface area (TPSA) is 37.3 Å². The van der Waals surface area contributed by atoms with E-state index in [9.17, 15) is 13.6 Å². The zero-order chi connectivity index (χ0) is 12.4. The zero-order valence-electron chi connectivity index (χ0n) is 8.65. The first-order valence-electron chi connectivity index (χ1n) is 4.87. The lowest BCUT2D eigenvalue weighted by molar-refractivity contribution is 0.103. The molecule has 0 unspecified atom stereocenters. The summed E-state index contributed by atoms with van der Waals surface area (Å²) < 4.78 is 26.5. The molecular weight excluding hydrogens is 226 g/mol. The predicted molar refractivity (Wildman–Crippen MR) is 57.9 cm³/mol. The van der Waals surface area contributed by atoms with E-state index in [2.05, 4.69) is 0 Å². The molecule has 2 nitrogen and oxygen atoms in total. The van der Waals surface area contributed by atoms with Crippen LogP contribution < -0.4 is 0 Å². The van der Waals surface area contributed by atoms with Gasteiger partial charge in [0.05, 0.1) is 5.56 Å². The van der Waals surface area contributed by atoms with E-state index in [0.29, 0.717) is 12.1 Å². The second kappa shape index (κ2) is 4.33. The van der Waals surface area contributed by atoms with Gasteiger partial charge in [0, 0.05) is 11.6 Å². The maximum atomic E-state index is 13.4. The Labute approximate surface area is 96.1 Å². The highest BCUT2D eigenvalue weighted by atomic mass is 19.1. The Kier molecular flexibility index (Phi) is 2.87. The van der Waals surface area contributed by atoms with Crippen LogP contribution in [0.2, 0.25) is 0 Å². The van der Waals surface area contributed by atoms with Crippen molar-refractivity contribution in [2.75, 3.05) is 0 Å². The average molecular weight is 234 g/mol. The van der Waals surface area contributed by atoms with Crippen LogP contribution in [0.5, 0.6) is 5.75 Å². The van der Waals surface area contributed by atoms with Crippen LogP contribution in [0.1, 0.15) is 15.9 Å². The van der Waals surface area contributed by atoms with Gasteiger partial charge in [-0.3, -0.25) is 4.79 Å². The van der Waals surface area contributed by atoms with E-state index in [-0.39, 0.29) is 5.56 Å². The lowest BCUT2D eigenvalue weighted by Crippen LogP contribution is -2.04. The summed E-state index contributed by atoms with van der Waals surface area (Å²) >= 11 is 0. The normalized spacial score (nSPS) is 10.2. The summed E-state index contributed by atoms with van der Waals surface area (Å²) in [5.74, 6) is -3.41. The van der Waals surface area contributed by atoms with Crippen LogP contribution >= 0.6 is 0 Å². The molecule has 0 atom stereocenters. The molecule has 2 aromatic rings. The summed E-state index contributed by atoms with van der Waals surface area (Å²) in [4.78, 5) is 11.8. The molecule has 0 aromatic heterocycles. The Bertz CT molecular complexity index is 565. The smallest absolute Gasteiger partial charge is 0.196 e.